The van der Waals surface area contributed by atoms with Crippen LogP contribution in [0.2, 0.25) is 0 Å². The Bertz CT molecular complexity index is 596. The van der Waals surface area contributed by atoms with Crippen LogP contribution >= 0.6 is 0 Å². The Morgan fingerprint density at radius 3 is 1.60 bits per heavy atom. The Hall–Kier alpha value is -1.99. The SMILES string of the molecule is CC/C=C\C/C=C\C/C=C\C/C=C\C/C=C\CCCC(=O)NCCOCCOCCOCCOC. The first kappa shape index (κ1) is 33.0. The van der Waals surface area contributed by atoms with Crippen molar-refractivity contribution < 1.29 is 23.7 Å². The van der Waals surface area contributed by atoms with Crippen LogP contribution in [0.1, 0.15) is 58.3 Å². The summed E-state index contributed by atoms with van der Waals surface area (Å²) in [4.78, 5) is 11.8. The zero-order valence-electron chi connectivity index (χ0n) is 22.1. The summed E-state index contributed by atoms with van der Waals surface area (Å²) in [6.07, 6.45) is 29.2. The lowest BCUT2D eigenvalue weighted by molar-refractivity contribution is -0.121. The van der Waals surface area contributed by atoms with E-state index in [1.54, 1.807) is 7.11 Å². The van der Waals surface area contributed by atoms with Crippen LogP contribution in [0.15, 0.2) is 60.8 Å². The number of carbonyl (C=O) groups excluding carboxylic acids is 1. The average molecular weight is 492 g/mol. The van der Waals surface area contributed by atoms with Crippen molar-refractivity contribution in [1.29, 1.82) is 0 Å². The van der Waals surface area contributed by atoms with Crippen LogP contribution in [0.5, 0.6) is 0 Å². The maximum absolute atomic E-state index is 11.8. The molecule has 0 aromatic rings. The average Bonchev–Trinajstić information content (AvgIpc) is 2.86. The standard InChI is InChI=1S/C29H49NO5/c1-3-4-5-6-7-8-9-10-11-12-13-14-15-16-17-18-19-20-29(31)30-21-22-33-25-26-35-28-27-34-24-23-32-2/h4-5,7-8,10-11,13-14,16-17H,3,6,9,12,15,18-28H2,1-2H3,(H,30,31)/b5-4-,8-7-,11-10-,14-13-,17-16-. The third-order valence-corrected chi connectivity index (χ3v) is 4.68. The molecule has 1 amide bonds. The van der Waals surface area contributed by atoms with E-state index < -0.39 is 0 Å². The number of allylic oxidation sites excluding steroid dienone is 10. The van der Waals surface area contributed by atoms with Gasteiger partial charge >= 0.3 is 0 Å². The molecule has 0 fully saturated rings. The van der Waals surface area contributed by atoms with Crippen LogP contribution in [0, 0.1) is 0 Å². The Kier molecular flexibility index (Phi) is 28.3. The maximum atomic E-state index is 11.8. The molecule has 0 heterocycles. The monoisotopic (exact) mass is 491 g/mol. The highest BCUT2D eigenvalue weighted by Crippen LogP contribution is 1.99. The van der Waals surface area contributed by atoms with Gasteiger partial charge in [0, 0.05) is 20.1 Å². The summed E-state index contributed by atoms with van der Waals surface area (Å²) in [5.41, 5.74) is 0. The number of carbonyl (C=O) groups is 1. The molecule has 0 aliphatic heterocycles. The molecule has 0 aliphatic rings. The molecule has 0 aromatic heterocycles. The molecule has 0 radical (unpaired) electrons. The van der Waals surface area contributed by atoms with Gasteiger partial charge in [-0.25, -0.2) is 0 Å². The molecule has 6 heteroatoms. The number of rotatable bonds is 25. The minimum atomic E-state index is 0.0745. The van der Waals surface area contributed by atoms with E-state index in [0.29, 0.717) is 59.2 Å². The first-order valence-electron chi connectivity index (χ1n) is 13.0. The van der Waals surface area contributed by atoms with Gasteiger partial charge in [0.05, 0.1) is 46.2 Å². The van der Waals surface area contributed by atoms with Gasteiger partial charge in [-0.3, -0.25) is 4.79 Å². The van der Waals surface area contributed by atoms with Gasteiger partial charge in [-0.1, -0.05) is 67.7 Å². The third kappa shape index (κ3) is 30.0. The molecular weight excluding hydrogens is 442 g/mol. The summed E-state index contributed by atoms with van der Waals surface area (Å²) in [5, 5.41) is 2.88. The van der Waals surface area contributed by atoms with E-state index in [1.807, 2.05) is 0 Å². The third-order valence-electron chi connectivity index (χ3n) is 4.68. The smallest absolute Gasteiger partial charge is 0.220 e. The van der Waals surface area contributed by atoms with Gasteiger partial charge < -0.3 is 24.3 Å². The van der Waals surface area contributed by atoms with E-state index in [0.717, 1.165) is 44.9 Å². The number of nitrogens with one attached hydrogen (secondary N) is 1. The fourth-order valence-corrected chi connectivity index (χ4v) is 2.78. The van der Waals surface area contributed by atoms with Gasteiger partial charge in [0.1, 0.15) is 0 Å². The Morgan fingerprint density at radius 1 is 0.629 bits per heavy atom. The van der Waals surface area contributed by atoms with Crippen molar-refractivity contribution in [2.45, 2.75) is 58.3 Å². The van der Waals surface area contributed by atoms with Crippen molar-refractivity contribution in [3.63, 3.8) is 0 Å². The Balaban J connectivity index is 3.40. The van der Waals surface area contributed by atoms with Gasteiger partial charge in [-0.15, -0.1) is 0 Å². The molecule has 0 bridgehead atoms. The van der Waals surface area contributed by atoms with E-state index in [4.69, 9.17) is 18.9 Å². The number of unbranched alkanes of at least 4 members (excludes halogenated alkanes) is 1. The highest BCUT2D eigenvalue weighted by molar-refractivity contribution is 5.75. The van der Waals surface area contributed by atoms with Crippen LogP contribution < -0.4 is 5.32 Å². The highest BCUT2D eigenvalue weighted by atomic mass is 16.6. The van der Waals surface area contributed by atoms with Crippen LogP contribution in [0.4, 0.5) is 0 Å². The molecule has 0 aliphatic carbocycles. The fraction of sp³-hybridized carbons (Fsp3) is 0.621. The van der Waals surface area contributed by atoms with Crippen LogP contribution in [-0.4, -0.2) is 65.8 Å². The quantitative estimate of drug-likeness (QED) is 0.131. The van der Waals surface area contributed by atoms with Crippen molar-refractivity contribution >= 4 is 5.91 Å². The molecule has 0 saturated carbocycles. The van der Waals surface area contributed by atoms with Crippen molar-refractivity contribution in [3.8, 4) is 0 Å². The van der Waals surface area contributed by atoms with Crippen LogP contribution in [0.25, 0.3) is 0 Å². The molecule has 1 N–H and O–H groups in total. The van der Waals surface area contributed by atoms with Crippen molar-refractivity contribution in [1.82, 2.24) is 5.32 Å². The normalized spacial score (nSPS) is 12.4. The van der Waals surface area contributed by atoms with Gasteiger partial charge in [0.25, 0.3) is 0 Å². The number of hydrogen-bond donors (Lipinski definition) is 1. The summed E-state index contributed by atoms with van der Waals surface area (Å²) >= 11 is 0. The summed E-state index contributed by atoms with van der Waals surface area (Å²) < 4.78 is 21.0. The van der Waals surface area contributed by atoms with Crippen molar-refractivity contribution in [2.24, 2.45) is 0 Å². The zero-order valence-corrected chi connectivity index (χ0v) is 22.1. The first-order chi connectivity index (χ1) is 17.3. The van der Waals surface area contributed by atoms with E-state index in [1.165, 1.54) is 0 Å². The van der Waals surface area contributed by atoms with Gasteiger partial charge in [0.2, 0.25) is 5.91 Å². The molecule has 0 rings (SSSR count). The molecule has 0 aromatic carbocycles. The molecular formula is C29H49NO5. The molecule has 200 valence electrons. The molecule has 0 atom stereocenters. The molecule has 0 saturated heterocycles. The summed E-state index contributed by atoms with van der Waals surface area (Å²) in [6, 6.07) is 0. The van der Waals surface area contributed by atoms with E-state index >= 15 is 0 Å². The second kappa shape index (κ2) is 30.0. The summed E-state index contributed by atoms with van der Waals surface area (Å²) in [6.45, 7) is 6.48. The number of amides is 1. The van der Waals surface area contributed by atoms with E-state index in [-0.39, 0.29) is 5.91 Å². The lowest BCUT2D eigenvalue weighted by Gasteiger charge is -2.07. The Morgan fingerprint density at radius 2 is 1.09 bits per heavy atom. The zero-order chi connectivity index (χ0) is 25.5. The van der Waals surface area contributed by atoms with Crippen molar-refractivity contribution in [2.75, 3.05) is 59.9 Å². The number of methoxy groups -OCH3 is 1. The molecule has 35 heavy (non-hydrogen) atoms. The van der Waals surface area contributed by atoms with E-state index in [9.17, 15) is 4.79 Å². The van der Waals surface area contributed by atoms with Crippen LogP contribution in [-0.2, 0) is 23.7 Å². The minimum absolute atomic E-state index is 0.0745. The number of hydrogen-bond acceptors (Lipinski definition) is 5. The fourth-order valence-electron chi connectivity index (χ4n) is 2.78. The molecule has 0 unspecified atom stereocenters. The maximum Gasteiger partial charge on any atom is 0.220 e. The predicted octanol–water partition coefficient (Wildman–Crippen LogP) is 5.72. The topological polar surface area (TPSA) is 66.0 Å². The van der Waals surface area contributed by atoms with Gasteiger partial charge in [0.15, 0.2) is 0 Å². The Labute approximate surface area is 214 Å². The molecule has 0 spiro atoms. The van der Waals surface area contributed by atoms with Gasteiger partial charge in [-0.05, 0) is 44.9 Å². The second-order valence-corrected chi connectivity index (χ2v) is 7.78. The second-order valence-electron chi connectivity index (χ2n) is 7.78. The number of ether oxygens (including phenoxy) is 4. The van der Waals surface area contributed by atoms with Crippen molar-refractivity contribution in [3.05, 3.63) is 60.8 Å². The lowest BCUT2D eigenvalue weighted by Crippen LogP contribution is -2.27. The summed E-state index contributed by atoms with van der Waals surface area (Å²) in [5.74, 6) is 0.0745. The summed E-state index contributed by atoms with van der Waals surface area (Å²) in [7, 11) is 1.65. The molecule has 6 nitrogen and oxygen atoms in total. The van der Waals surface area contributed by atoms with Gasteiger partial charge in [-0.2, -0.15) is 0 Å². The first-order valence-corrected chi connectivity index (χ1v) is 13.0. The highest BCUT2D eigenvalue weighted by Gasteiger charge is 1.99. The van der Waals surface area contributed by atoms with E-state index in [2.05, 4.69) is 73.0 Å². The predicted molar refractivity (Wildman–Crippen MR) is 146 cm³/mol. The lowest BCUT2D eigenvalue weighted by atomic mass is 10.2. The largest absolute Gasteiger partial charge is 0.382 e. The van der Waals surface area contributed by atoms with Crippen LogP contribution in [0.3, 0.4) is 0 Å². The minimum Gasteiger partial charge on any atom is -0.382 e.